The molecule has 22 heavy (non-hydrogen) atoms. The first-order chi connectivity index (χ1) is 10.7. The van der Waals surface area contributed by atoms with E-state index in [4.69, 9.17) is 5.73 Å². The normalized spacial score (nSPS) is 16.9. The lowest BCUT2D eigenvalue weighted by Gasteiger charge is -2.21. The van der Waals surface area contributed by atoms with Gasteiger partial charge in [0, 0.05) is 17.3 Å². The van der Waals surface area contributed by atoms with Gasteiger partial charge in [0.25, 0.3) is 5.91 Å². The first kappa shape index (κ1) is 14.8. The van der Waals surface area contributed by atoms with Crippen LogP contribution in [0.25, 0.3) is 0 Å². The van der Waals surface area contributed by atoms with Crippen LogP contribution in [0.4, 0.5) is 5.69 Å². The van der Waals surface area contributed by atoms with Crippen LogP contribution in [0.5, 0.6) is 0 Å². The molecule has 0 saturated carbocycles. The molecule has 0 radical (unpaired) electrons. The molecule has 3 rings (SSSR count). The number of hydrogen-bond acceptors (Lipinski definition) is 2. The van der Waals surface area contributed by atoms with Crippen LogP contribution in [0.15, 0.2) is 42.5 Å². The second-order valence-corrected chi connectivity index (χ2v) is 5.99. The topological polar surface area (TPSA) is 55.1 Å². The van der Waals surface area contributed by atoms with E-state index in [9.17, 15) is 4.79 Å². The van der Waals surface area contributed by atoms with Crippen molar-refractivity contribution in [3.63, 3.8) is 0 Å². The number of nitrogens with two attached hydrogens (primary N) is 1. The summed E-state index contributed by atoms with van der Waals surface area (Å²) in [6.45, 7) is 2.12. The minimum Gasteiger partial charge on any atom is -0.327 e. The second kappa shape index (κ2) is 6.32. The summed E-state index contributed by atoms with van der Waals surface area (Å²) in [7, 11) is 0. The van der Waals surface area contributed by atoms with Gasteiger partial charge >= 0.3 is 0 Å². The van der Waals surface area contributed by atoms with Crippen molar-refractivity contribution in [3.8, 4) is 0 Å². The van der Waals surface area contributed by atoms with Crippen LogP contribution in [-0.4, -0.2) is 11.9 Å². The molecule has 114 valence electrons. The predicted molar refractivity (Wildman–Crippen MR) is 90.2 cm³/mol. The van der Waals surface area contributed by atoms with E-state index in [1.165, 1.54) is 16.7 Å². The lowest BCUT2D eigenvalue weighted by Crippen LogP contribution is -2.28. The number of aryl methyl sites for hydroxylation is 2. The third kappa shape index (κ3) is 3.20. The highest BCUT2D eigenvalue weighted by molar-refractivity contribution is 6.04. The first-order valence-corrected chi connectivity index (χ1v) is 7.93. The summed E-state index contributed by atoms with van der Waals surface area (Å²) >= 11 is 0. The molecular formula is C19H22N2O. The molecule has 3 N–H and O–H groups in total. The highest BCUT2D eigenvalue weighted by Crippen LogP contribution is 2.22. The van der Waals surface area contributed by atoms with Gasteiger partial charge in [0.1, 0.15) is 0 Å². The first-order valence-electron chi connectivity index (χ1n) is 7.93. The fourth-order valence-corrected chi connectivity index (χ4v) is 2.95. The Morgan fingerprint density at radius 3 is 2.68 bits per heavy atom. The van der Waals surface area contributed by atoms with Crippen molar-refractivity contribution in [2.24, 2.45) is 5.73 Å². The molecule has 2 aromatic rings. The fraction of sp³-hybridized carbons (Fsp3) is 0.316. The molecule has 1 unspecified atom stereocenters. The maximum absolute atomic E-state index is 12.4. The molecule has 1 amide bonds. The molecule has 0 heterocycles. The maximum Gasteiger partial charge on any atom is 0.255 e. The molecule has 3 heteroatoms. The van der Waals surface area contributed by atoms with Crippen LogP contribution in [0.1, 0.15) is 40.4 Å². The average molecular weight is 294 g/mol. The fourth-order valence-electron chi connectivity index (χ4n) is 2.95. The Balaban J connectivity index is 1.74. The molecule has 0 fully saturated rings. The Kier molecular flexibility index (Phi) is 4.25. The molecule has 1 atom stereocenters. The summed E-state index contributed by atoms with van der Waals surface area (Å²) in [4.78, 5) is 12.4. The Morgan fingerprint density at radius 1 is 1.18 bits per heavy atom. The summed E-state index contributed by atoms with van der Waals surface area (Å²) in [5.74, 6) is -0.0538. The zero-order valence-corrected chi connectivity index (χ0v) is 12.9. The van der Waals surface area contributed by atoms with Gasteiger partial charge in [-0.25, -0.2) is 0 Å². The van der Waals surface area contributed by atoms with Crippen molar-refractivity contribution < 1.29 is 4.79 Å². The standard InChI is InChI=1S/C19H22N2O/c1-2-13-3-9-18(10-4-13)21-19(22)16-6-5-15-12-17(20)8-7-14(15)11-16/h3-6,9-11,17H,2,7-8,12,20H2,1H3,(H,21,22). The maximum atomic E-state index is 12.4. The van der Waals surface area contributed by atoms with Crippen LogP contribution in [0.3, 0.4) is 0 Å². The van der Waals surface area contributed by atoms with E-state index in [1.807, 2.05) is 42.5 Å². The van der Waals surface area contributed by atoms with E-state index in [1.54, 1.807) is 0 Å². The number of anilines is 1. The molecule has 0 bridgehead atoms. The third-order valence-corrected chi connectivity index (χ3v) is 4.36. The van der Waals surface area contributed by atoms with E-state index in [2.05, 4.69) is 12.2 Å². The van der Waals surface area contributed by atoms with Gasteiger partial charge in [0.2, 0.25) is 0 Å². The van der Waals surface area contributed by atoms with Gasteiger partial charge in [-0.05, 0) is 66.6 Å². The number of carbonyl (C=O) groups excluding carboxylic acids is 1. The molecule has 1 aliphatic rings. The second-order valence-electron chi connectivity index (χ2n) is 5.99. The monoisotopic (exact) mass is 294 g/mol. The number of benzene rings is 2. The van der Waals surface area contributed by atoms with Crippen LogP contribution in [0.2, 0.25) is 0 Å². The van der Waals surface area contributed by atoms with Crippen molar-refractivity contribution in [2.75, 3.05) is 5.32 Å². The average Bonchev–Trinajstić information content (AvgIpc) is 2.55. The van der Waals surface area contributed by atoms with Gasteiger partial charge in [-0.2, -0.15) is 0 Å². The third-order valence-electron chi connectivity index (χ3n) is 4.36. The summed E-state index contributed by atoms with van der Waals surface area (Å²) < 4.78 is 0. The predicted octanol–water partition coefficient (Wildman–Crippen LogP) is 3.32. The molecule has 0 spiro atoms. The molecule has 0 aliphatic heterocycles. The molecule has 3 nitrogen and oxygen atoms in total. The van der Waals surface area contributed by atoms with E-state index in [-0.39, 0.29) is 11.9 Å². The lowest BCUT2D eigenvalue weighted by molar-refractivity contribution is 0.102. The highest BCUT2D eigenvalue weighted by atomic mass is 16.1. The molecular weight excluding hydrogens is 272 g/mol. The molecule has 0 saturated heterocycles. The van der Waals surface area contributed by atoms with Gasteiger partial charge in [-0.1, -0.05) is 25.1 Å². The van der Waals surface area contributed by atoms with Gasteiger partial charge in [-0.3, -0.25) is 4.79 Å². The number of hydrogen-bond donors (Lipinski definition) is 2. The zero-order chi connectivity index (χ0) is 15.5. The Morgan fingerprint density at radius 2 is 1.95 bits per heavy atom. The minimum atomic E-state index is -0.0538. The van der Waals surface area contributed by atoms with Gasteiger partial charge < -0.3 is 11.1 Å². The van der Waals surface area contributed by atoms with Crippen molar-refractivity contribution >= 4 is 11.6 Å². The largest absolute Gasteiger partial charge is 0.327 e. The lowest BCUT2D eigenvalue weighted by atomic mass is 9.87. The SMILES string of the molecule is CCc1ccc(NC(=O)c2ccc3c(c2)CCC(N)C3)cc1. The summed E-state index contributed by atoms with van der Waals surface area (Å²) in [6, 6.07) is 14.2. The van der Waals surface area contributed by atoms with Gasteiger partial charge in [-0.15, -0.1) is 0 Å². The van der Waals surface area contributed by atoms with E-state index in [0.29, 0.717) is 5.56 Å². The summed E-state index contributed by atoms with van der Waals surface area (Å²) in [6.07, 6.45) is 3.87. The van der Waals surface area contributed by atoms with Crippen molar-refractivity contribution in [2.45, 2.75) is 38.6 Å². The van der Waals surface area contributed by atoms with E-state index < -0.39 is 0 Å². The number of amides is 1. The zero-order valence-electron chi connectivity index (χ0n) is 12.9. The Bertz CT molecular complexity index is 676. The molecule has 1 aliphatic carbocycles. The minimum absolute atomic E-state index is 0.0538. The van der Waals surface area contributed by atoms with Gasteiger partial charge in [0.15, 0.2) is 0 Å². The Labute approximate surface area is 131 Å². The number of rotatable bonds is 3. The molecule has 2 aromatic carbocycles. The highest BCUT2D eigenvalue weighted by Gasteiger charge is 2.17. The van der Waals surface area contributed by atoms with Crippen molar-refractivity contribution in [1.82, 2.24) is 0 Å². The van der Waals surface area contributed by atoms with Crippen molar-refractivity contribution in [3.05, 3.63) is 64.7 Å². The van der Waals surface area contributed by atoms with Crippen LogP contribution in [0, 0.1) is 0 Å². The van der Waals surface area contributed by atoms with Crippen LogP contribution in [-0.2, 0) is 19.3 Å². The number of carbonyl (C=O) groups is 1. The van der Waals surface area contributed by atoms with Crippen molar-refractivity contribution in [1.29, 1.82) is 0 Å². The van der Waals surface area contributed by atoms with Crippen LogP contribution >= 0.6 is 0 Å². The number of nitrogens with one attached hydrogen (secondary N) is 1. The molecule has 0 aromatic heterocycles. The van der Waals surface area contributed by atoms with Crippen LogP contribution < -0.4 is 11.1 Å². The number of fused-ring (bicyclic) bond motifs is 1. The smallest absolute Gasteiger partial charge is 0.255 e. The summed E-state index contributed by atoms with van der Waals surface area (Å²) in [5, 5.41) is 2.96. The van der Waals surface area contributed by atoms with E-state index >= 15 is 0 Å². The van der Waals surface area contributed by atoms with E-state index in [0.717, 1.165) is 31.4 Å². The quantitative estimate of drug-likeness (QED) is 0.912. The summed E-state index contributed by atoms with van der Waals surface area (Å²) in [5.41, 5.74) is 11.4. The van der Waals surface area contributed by atoms with Gasteiger partial charge in [0.05, 0.1) is 0 Å². The Hall–Kier alpha value is -2.13.